The Morgan fingerprint density at radius 3 is 0.865 bits per heavy atom. The Kier molecular flexibility index (Phi) is 24.6. The minimum atomic E-state index is -3.82. The summed E-state index contributed by atoms with van der Waals surface area (Å²) in [5, 5.41) is -0.905. The third-order valence-corrected chi connectivity index (χ3v) is 26.3. The topological polar surface area (TPSA) is 269 Å². The molecule has 5 aliphatic rings. The van der Waals surface area contributed by atoms with Crippen LogP contribution in [-0.4, -0.2) is 226 Å². The molecule has 0 saturated heterocycles. The molecule has 436 valence electrons. The van der Waals surface area contributed by atoms with E-state index in [0.717, 1.165) is 0 Å². The summed E-state index contributed by atoms with van der Waals surface area (Å²) in [5.41, 5.74) is 0. The van der Waals surface area contributed by atoms with Gasteiger partial charge in [-0.2, -0.15) is 0 Å². The summed E-state index contributed by atoms with van der Waals surface area (Å²) in [6, 6.07) is 0. The Labute approximate surface area is 445 Å². The Balaban J connectivity index is 1.19. The molecule has 5 fully saturated rings. The third-order valence-electron chi connectivity index (χ3n) is 17.7. The van der Waals surface area contributed by atoms with Crippen LogP contribution in [0.4, 0.5) is 0 Å². The fourth-order valence-electron chi connectivity index (χ4n) is 13.8. The van der Waals surface area contributed by atoms with E-state index in [1.54, 1.807) is 14.2 Å². The summed E-state index contributed by atoms with van der Waals surface area (Å²) >= 11 is -2.29. The number of sulfone groups is 4. The first-order valence-electron chi connectivity index (χ1n) is 26.0. The van der Waals surface area contributed by atoms with Crippen LogP contribution in [0.3, 0.4) is 0 Å². The zero-order valence-electron chi connectivity index (χ0n) is 45.5. The van der Waals surface area contributed by atoms with E-state index in [1.165, 1.54) is 56.9 Å². The molecule has 74 heavy (non-hydrogen) atoms. The fourth-order valence-corrected chi connectivity index (χ4v) is 23.3. The van der Waals surface area contributed by atoms with Gasteiger partial charge in [0.15, 0.2) is 39.3 Å². The predicted molar refractivity (Wildman–Crippen MR) is 279 cm³/mol. The van der Waals surface area contributed by atoms with Gasteiger partial charge in [0.2, 0.25) is 0 Å². The first-order chi connectivity index (χ1) is 34.8. The van der Waals surface area contributed by atoms with Crippen LogP contribution in [-0.2, 0) is 97.8 Å². The van der Waals surface area contributed by atoms with E-state index in [0.29, 0.717) is 25.7 Å². The summed E-state index contributed by atoms with van der Waals surface area (Å²) in [7, 11) is -0.0361. The molecule has 5 saturated carbocycles. The van der Waals surface area contributed by atoms with Gasteiger partial charge in [0, 0.05) is 118 Å². The van der Waals surface area contributed by atoms with Crippen molar-refractivity contribution < 1.29 is 89.8 Å². The van der Waals surface area contributed by atoms with Crippen LogP contribution >= 0.6 is 0 Å². The zero-order chi connectivity index (χ0) is 54.9. The smallest absolute Gasteiger partial charge is 0.156 e. The molecule has 0 aromatic heterocycles. The lowest BCUT2D eigenvalue weighted by atomic mass is 9.79. The molecule has 25 heteroatoms. The molecule has 5 rings (SSSR count). The number of methoxy groups -OCH3 is 10. The van der Waals surface area contributed by atoms with E-state index in [2.05, 4.69) is 6.92 Å². The molecule has 5 aliphatic carbocycles. The lowest BCUT2D eigenvalue weighted by Crippen LogP contribution is -2.52. The highest BCUT2D eigenvalue weighted by Crippen LogP contribution is 2.42. The van der Waals surface area contributed by atoms with Gasteiger partial charge in [0.25, 0.3) is 0 Å². The zero-order valence-corrected chi connectivity index (χ0v) is 49.6. The van der Waals surface area contributed by atoms with Crippen molar-refractivity contribution in [3.63, 3.8) is 0 Å². The Morgan fingerprint density at radius 1 is 0.338 bits per heavy atom. The van der Waals surface area contributed by atoms with Crippen molar-refractivity contribution in [1.29, 1.82) is 0 Å². The minimum Gasteiger partial charge on any atom is -0.772 e. The van der Waals surface area contributed by atoms with Crippen molar-refractivity contribution in [3.05, 3.63) is 0 Å². The molecular weight excluding hydrogens is 1070 g/mol. The van der Waals surface area contributed by atoms with E-state index >= 15 is 0 Å². The van der Waals surface area contributed by atoms with Crippen molar-refractivity contribution in [2.24, 2.45) is 53.3 Å². The third kappa shape index (κ3) is 17.0. The van der Waals surface area contributed by atoms with Crippen LogP contribution in [0.5, 0.6) is 0 Å². The number of rotatable bonds is 27. The van der Waals surface area contributed by atoms with Gasteiger partial charge in [-0.1, -0.05) is 18.0 Å². The molecule has 0 amide bonds. The molecule has 0 spiro atoms. The van der Waals surface area contributed by atoms with Crippen molar-refractivity contribution in [2.75, 3.05) is 117 Å². The maximum Gasteiger partial charge on any atom is 0.156 e. The first kappa shape index (κ1) is 64.3. The second-order valence-electron chi connectivity index (χ2n) is 22.2. The average Bonchev–Trinajstić information content (AvgIpc) is 3.33. The normalized spacial score (nSPS) is 39.4. The van der Waals surface area contributed by atoms with Gasteiger partial charge >= 0.3 is 0 Å². The summed E-state index contributed by atoms with van der Waals surface area (Å²) in [4.78, 5) is 0. The quantitative estimate of drug-likeness (QED) is 0.107. The first-order valence-corrected chi connectivity index (χ1v) is 34.4. The van der Waals surface area contributed by atoms with Crippen LogP contribution in [0.1, 0.15) is 71.1 Å². The van der Waals surface area contributed by atoms with Crippen molar-refractivity contribution in [2.45, 2.75) is 137 Å². The molecule has 0 N–H and O–H groups in total. The van der Waals surface area contributed by atoms with E-state index in [4.69, 9.17) is 47.4 Å². The maximum atomic E-state index is 14.2. The molecule has 0 heterocycles. The van der Waals surface area contributed by atoms with Gasteiger partial charge in [-0.05, 0) is 76.0 Å². The van der Waals surface area contributed by atoms with Crippen LogP contribution in [0.25, 0.3) is 0 Å². The van der Waals surface area contributed by atoms with Crippen LogP contribution < -0.4 is 0 Å². The van der Waals surface area contributed by atoms with Crippen LogP contribution in [0, 0.1) is 53.3 Å². The number of hydrogen-bond donors (Lipinski definition) is 0. The predicted octanol–water partition coefficient (Wildman–Crippen LogP) is 2.58. The van der Waals surface area contributed by atoms with Gasteiger partial charge in [-0.3, -0.25) is 4.21 Å². The molecule has 0 aromatic rings. The van der Waals surface area contributed by atoms with E-state index in [1.807, 2.05) is 0 Å². The number of ether oxygens (including phenoxy) is 10. The van der Waals surface area contributed by atoms with E-state index in [9.17, 15) is 42.4 Å². The van der Waals surface area contributed by atoms with Crippen molar-refractivity contribution >= 4 is 50.4 Å². The lowest BCUT2D eigenvalue weighted by Gasteiger charge is -2.43. The largest absolute Gasteiger partial charge is 0.772 e. The summed E-state index contributed by atoms with van der Waals surface area (Å²) in [6.45, 7) is 2.07. The second-order valence-corrected chi connectivity index (χ2v) is 31.9. The highest BCUT2D eigenvalue weighted by molar-refractivity contribution is 7.92. The Bertz CT molecular complexity index is 2220. The highest BCUT2D eigenvalue weighted by atomic mass is 32.2. The van der Waals surface area contributed by atoms with Crippen molar-refractivity contribution in [1.82, 2.24) is 0 Å². The van der Waals surface area contributed by atoms with Gasteiger partial charge < -0.3 is 51.9 Å². The van der Waals surface area contributed by atoms with Gasteiger partial charge in [0.05, 0.1) is 107 Å². The second kappa shape index (κ2) is 28.3. The summed E-state index contributed by atoms with van der Waals surface area (Å²) in [6.07, 6.45) is -1.96. The molecule has 11 unspecified atom stereocenters. The highest BCUT2D eigenvalue weighted by Gasteiger charge is 2.50. The van der Waals surface area contributed by atoms with E-state index in [-0.39, 0.29) is 115 Å². The average molecular weight is 1160 g/mol. The molecular formula is C49H89O20S5-. The molecule has 0 bridgehead atoms. The van der Waals surface area contributed by atoms with E-state index < -0.39 is 140 Å². The minimum absolute atomic E-state index is 0.0736. The van der Waals surface area contributed by atoms with Crippen LogP contribution in [0.2, 0.25) is 0 Å². The SMILES string of the molecule is COC1C[C@H](CS(=O)(=O)C[C@H]2CC(OC)[C@@H](CS(=O)(=O)C[C@H]3CC(OC)[C@@H](CS(=O)(=O)C[C@H]4CC(OC)[C@@H](S(=O)(=O)C[C@@H]5CC(OC)[C@H](C)CC5OC)CC4OC)CC3OC)CC2OC)C(OC)C[C@@H]1CS(=O)[O-]. The molecule has 21 atom stereocenters. The fraction of sp³-hybridized carbons (Fsp3) is 1.00. The van der Waals surface area contributed by atoms with Crippen LogP contribution in [0.15, 0.2) is 0 Å². The Morgan fingerprint density at radius 2 is 0.568 bits per heavy atom. The maximum absolute atomic E-state index is 14.2. The van der Waals surface area contributed by atoms with Gasteiger partial charge in [-0.15, -0.1) is 0 Å². The molecule has 0 aliphatic heterocycles. The molecule has 0 radical (unpaired) electrons. The van der Waals surface area contributed by atoms with Gasteiger partial charge in [-0.25, -0.2) is 33.7 Å². The standard InChI is InChI=1S/C49H90O20S5/c1-30-12-40(61-3)38(14-39(30)60-2)29-74(58,59)49-21-47(68-10)37(20-48(49)69-11)28-73(56,57)27-36-19-45(66-8)35(18-46(36)67-9)26-72(54,55)25-34-17-43(64-6)33(16-44(34)65-7)24-71(52,53)23-32-15-41(62-4)31(22-70(50)51)13-42(32)63-5/h30-49H,12-29H2,1-11H3,(H,50,51)/p-1/t30-,31-,32-,33-,34-,35-,36-,37-,38+,39?,40?,41?,42?,43?,44?,45?,46?,47?,48?,49+/m1/s1. The summed E-state index contributed by atoms with van der Waals surface area (Å²) in [5.74, 6) is -5.03. The Hall–Kier alpha value is -0.490. The molecule has 0 aromatic carbocycles. The van der Waals surface area contributed by atoms with Crippen molar-refractivity contribution in [3.8, 4) is 0 Å². The molecule has 20 nitrogen and oxygen atoms in total. The van der Waals surface area contributed by atoms with Gasteiger partial charge in [0.1, 0.15) is 0 Å². The lowest BCUT2D eigenvalue weighted by molar-refractivity contribution is -0.0583. The summed E-state index contributed by atoms with van der Waals surface area (Å²) < 4.78 is 194. The number of hydrogen-bond acceptors (Lipinski definition) is 20. The monoisotopic (exact) mass is 1160 g/mol.